The maximum Gasteiger partial charge on any atom is 0.308 e. The number of hydrogen-bond acceptors (Lipinski definition) is 4. The van der Waals surface area contributed by atoms with Crippen LogP contribution < -0.4 is 5.32 Å². The van der Waals surface area contributed by atoms with E-state index in [4.69, 9.17) is 4.74 Å². The second-order valence-corrected chi connectivity index (χ2v) is 9.28. The van der Waals surface area contributed by atoms with Gasteiger partial charge in [-0.1, -0.05) is 84.0 Å². The van der Waals surface area contributed by atoms with E-state index in [0.29, 0.717) is 19.7 Å². The van der Waals surface area contributed by atoms with Gasteiger partial charge in [-0.15, -0.1) is 0 Å². The number of nitrogens with one attached hydrogen (secondary N) is 1. The van der Waals surface area contributed by atoms with E-state index in [0.717, 1.165) is 38.5 Å². The number of piperazine rings is 1. The lowest BCUT2D eigenvalue weighted by Crippen LogP contribution is -2.59. The summed E-state index contributed by atoms with van der Waals surface area (Å²) in [6.07, 6.45) is 17.4. The third-order valence-corrected chi connectivity index (χ3v) is 6.69. The van der Waals surface area contributed by atoms with Crippen molar-refractivity contribution in [2.75, 3.05) is 19.7 Å². The Morgan fingerprint density at radius 2 is 1.55 bits per heavy atom. The maximum absolute atomic E-state index is 12.9. The summed E-state index contributed by atoms with van der Waals surface area (Å²) in [5.74, 6) is -0.558. The first-order valence-corrected chi connectivity index (χ1v) is 12.9. The van der Waals surface area contributed by atoms with E-state index < -0.39 is 6.04 Å². The predicted molar refractivity (Wildman–Crippen MR) is 123 cm³/mol. The Labute approximate surface area is 188 Å². The number of ether oxygens (including phenoxy) is 1. The van der Waals surface area contributed by atoms with Gasteiger partial charge >= 0.3 is 5.97 Å². The van der Waals surface area contributed by atoms with Crippen molar-refractivity contribution < 1.29 is 19.1 Å². The molecule has 1 aliphatic carbocycles. The average molecular weight is 437 g/mol. The van der Waals surface area contributed by atoms with Crippen molar-refractivity contribution in [3.8, 4) is 0 Å². The van der Waals surface area contributed by atoms with Gasteiger partial charge in [0.25, 0.3) is 0 Å². The number of amides is 2. The summed E-state index contributed by atoms with van der Waals surface area (Å²) in [6, 6.07) is -0.719. The summed E-state index contributed by atoms with van der Waals surface area (Å²) in [5.41, 5.74) is 0. The Morgan fingerprint density at radius 1 is 0.935 bits per heavy atom. The van der Waals surface area contributed by atoms with Crippen LogP contribution >= 0.6 is 0 Å². The Kier molecular flexibility index (Phi) is 12.6. The van der Waals surface area contributed by atoms with E-state index in [-0.39, 0.29) is 30.1 Å². The fourth-order valence-corrected chi connectivity index (χ4v) is 4.76. The molecular formula is C25H44N2O4. The first-order chi connectivity index (χ1) is 15.1. The SMILES string of the molecule is CCCCCCCCCCCCOC(=O)CC1C(=O)NCCN1C(=O)C1CCCCC1. The van der Waals surface area contributed by atoms with Crippen molar-refractivity contribution in [2.24, 2.45) is 5.92 Å². The molecule has 1 N–H and O–H groups in total. The van der Waals surface area contributed by atoms with Crippen LogP contribution in [0.25, 0.3) is 0 Å². The molecule has 6 nitrogen and oxygen atoms in total. The number of esters is 1. The first-order valence-electron chi connectivity index (χ1n) is 12.9. The van der Waals surface area contributed by atoms with Crippen LogP contribution in [-0.4, -0.2) is 48.4 Å². The molecule has 2 fully saturated rings. The quantitative estimate of drug-likeness (QED) is 0.315. The van der Waals surface area contributed by atoms with Crippen molar-refractivity contribution >= 4 is 17.8 Å². The van der Waals surface area contributed by atoms with Crippen LogP contribution in [0.1, 0.15) is 110 Å². The second-order valence-electron chi connectivity index (χ2n) is 9.28. The Balaban J connectivity index is 1.61. The van der Waals surface area contributed by atoms with E-state index >= 15 is 0 Å². The molecular weight excluding hydrogens is 392 g/mol. The van der Waals surface area contributed by atoms with Crippen LogP contribution in [0.3, 0.4) is 0 Å². The monoisotopic (exact) mass is 436 g/mol. The molecule has 0 aromatic heterocycles. The molecule has 1 saturated heterocycles. The van der Waals surface area contributed by atoms with Gasteiger partial charge in [0.15, 0.2) is 0 Å². The summed E-state index contributed by atoms with van der Waals surface area (Å²) >= 11 is 0. The minimum Gasteiger partial charge on any atom is -0.466 e. The number of carbonyl (C=O) groups is 3. The van der Waals surface area contributed by atoms with Crippen molar-refractivity contribution in [1.29, 1.82) is 0 Å². The molecule has 178 valence electrons. The molecule has 0 aromatic rings. The molecule has 1 aliphatic heterocycles. The second kappa shape index (κ2) is 15.3. The standard InChI is InChI=1S/C25H44N2O4/c1-2-3-4-5-6-7-8-9-10-14-19-31-23(28)20-22-24(29)26-17-18-27(22)25(30)21-15-12-11-13-16-21/h21-22H,2-20H2,1H3,(H,26,29). The van der Waals surface area contributed by atoms with Crippen molar-refractivity contribution in [2.45, 2.75) is 116 Å². The fraction of sp³-hybridized carbons (Fsp3) is 0.880. The molecule has 6 heteroatoms. The zero-order valence-corrected chi connectivity index (χ0v) is 19.7. The minimum atomic E-state index is -0.719. The Hall–Kier alpha value is -1.59. The van der Waals surface area contributed by atoms with E-state index in [1.165, 1.54) is 57.8 Å². The van der Waals surface area contributed by atoms with Gasteiger partial charge in [0, 0.05) is 19.0 Å². The van der Waals surface area contributed by atoms with E-state index in [9.17, 15) is 14.4 Å². The molecule has 0 radical (unpaired) electrons. The van der Waals surface area contributed by atoms with Crippen LogP contribution in [0.2, 0.25) is 0 Å². The number of carbonyl (C=O) groups excluding carboxylic acids is 3. The predicted octanol–water partition coefficient (Wildman–Crippen LogP) is 4.75. The minimum absolute atomic E-state index is 0.00446. The lowest BCUT2D eigenvalue weighted by atomic mass is 9.87. The largest absolute Gasteiger partial charge is 0.466 e. The molecule has 2 amide bonds. The summed E-state index contributed by atoms with van der Waals surface area (Å²) in [6.45, 7) is 3.59. The maximum atomic E-state index is 12.9. The normalized spacial score (nSPS) is 19.8. The zero-order valence-electron chi connectivity index (χ0n) is 19.7. The number of hydrogen-bond donors (Lipinski definition) is 1. The van der Waals surface area contributed by atoms with Crippen LogP contribution in [0.15, 0.2) is 0 Å². The zero-order chi connectivity index (χ0) is 22.3. The van der Waals surface area contributed by atoms with Gasteiger partial charge in [0.05, 0.1) is 13.0 Å². The van der Waals surface area contributed by atoms with Gasteiger partial charge < -0.3 is 15.0 Å². The lowest BCUT2D eigenvalue weighted by molar-refractivity contribution is -0.153. The topological polar surface area (TPSA) is 75.7 Å². The lowest BCUT2D eigenvalue weighted by Gasteiger charge is -2.37. The van der Waals surface area contributed by atoms with Crippen LogP contribution in [-0.2, 0) is 19.1 Å². The molecule has 0 aromatic carbocycles. The summed E-state index contributed by atoms with van der Waals surface area (Å²) in [4.78, 5) is 39.3. The average Bonchev–Trinajstić information content (AvgIpc) is 2.79. The van der Waals surface area contributed by atoms with Crippen LogP contribution in [0, 0.1) is 5.92 Å². The van der Waals surface area contributed by atoms with Gasteiger partial charge in [-0.2, -0.15) is 0 Å². The van der Waals surface area contributed by atoms with Gasteiger partial charge in [-0.3, -0.25) is 14.4 Å². The highest BCUT2D eigenvalue weighted by Gasteiger charge is 2.37. The molecule has 1 unspecified atom stereocenters. The Bertz CT molecular complexity index is 546. The van der Waals surface area contributed by atoms with Crippen molar-refractivity contribution in [1.82, 2.24) is 10.2 Å². The molecule has 31 heavy (non-hydrogen) atoms. The van der Waals surface area contributed by atoms with Crippen molar-refractivity contribution in [3.63, 3.8) is 0 Å². The summed E-state index contributed by atoms with van der Waals surface area (Å²) in [5, 5.41) is 2.80. The molecule has 2 aliphatic rings. The molecule has 1 heterocycles. The molecule has 1 atom stereocenters. The number of rotatable bonds is 14. The van der Waals surface area contributed by atoms with Gasteiger partial charge in [0.2, 0.25) is 11.8 Å². The van der Waals surface area contributed by atoms with Gasteiger partial charge in [-0.25, -0.2) is 0 Å². The van der Waals surface area contributed by atoms with Gasteiger partial charge in [-0.05, 0) is 19.3 Å². The molecule has 1 saturated carbocycles. The van der Waals surface area contributed by atoms with Gasteiger partial charge in [0.1, 0.15) is 6.04 Å². The first kappa shape index (κ1) is 25.7. The molecule has 0 spiro atoms. The highest BCUT2D eigenvalue weighted by Crippen LogP contribution is 2.27. The third-order valence-electron chi connectivity index (χ3n) is 6.69. The molecule has 0 bridgehead atoms. The summed E-state index contributed by atoms with van der Waals surface area (Å²) < 4.78 is 5.38. The fourth-order valence-electron chi connectivity index (χ4n) is 4.76. The number of unbranched alkanes of at least 4 members (excludes halogenated alkanes) is 9. The van der Waals surface area contributed by atoms with Crippen LogP contribution in [0.5, 0.6) is 0 Å². The molecule has 2 rings (SSSR count). The van der Waals surface area contributed by atoms with Crippen molar-refractivity contribution in [3.05, 3.63) is 0 Å². The summed E-state index contributed by atoms with van der Waals surface area (Å²) in [7, 11) is 0. The number of nitrogens with zero attached hydrogens (tertiary/aromatic N) is 1. The van der Waals surface area contributed by atoms with Crippen LogP contribution in [0.4, 0.5) is 0 Å². The highest BCUT2D eigenvalue weighted by atomic mass is 16.5. The smallest absolute Gasteiger partial charge is 0.308 e. The van der Waals surface area contributed by atoms with E-state index in [1.54, 1.807) is 4.90 Å². The Morgan fingerprint density at radius 3 is 2.19 bits per heavy atom. The third kappa shape index (κ3) is 9.61. The van der Waals surface area contributed by atoms with E-state index in [2.05, 4.69) is 12.2 Å². The van der Waals surface area contributed by atoms with E-state index in [1.807, 2.05) is 0 Å². The highest BCUT2D eigenvalue weighted by molar-refractivity contribution is 5.92.